The monoisotopic (exact) mass is 295 g/mol. The lowest BCUT2D eigenvalue weighted by atomic mass is 9.83. The zero-order valence-electron chi connectivity index (χ0n) is 12.7. The fourth-order valence-electron chi connectivity index (χ4n) is 4.06. The first-order chi connectivity index (χ1) is 10.9. The molecular weight excluding hydrogens is 274 g/mol. The van der Waals surface area contributed by atoms with Crippen molar-refractivity contribution in [1.29, 1.82) is 0 Å². The molecule has 1 aliphatic carbocycles. The summed E-state index contributed by atoms with van der Waals surface area (Å²) in [6, 6.07) is 8.70. The largest absolute Gasteiger partial charge is 0.411 e. The molecule has 0 radical (unpaired) electrons. The fraction of sp³-hybridized carbons (Fsp3) is 0.444. The highest BCUT2D eigenvalue weighted by molar-refractivity contribution is 5.88. The van der Waals surface area contributed by atoms with Crippen molar-refractivity contribution in [1.82, 2.24) is 9.55 Å². The maximum atomic E-state index is 9.55. The third-order valence-electron chi connectivity index (χ3n) is 5.20. The Morgan fingerprint density at radius 2 is 2.05 bits per heavy atom. The Balaban J connectivity index is 1.65. The molecule has 1 N–H and O–H groups in total. The van der Waals surface area contributed by atoms with Crippen LogP contribution < -0.4 is 0 Å². The van der Waals surface area contributed by atoms with E-state index in [2.05, 4.69) is 39.0 Å². The molecule has 4 rings (SSSR count). The van der Waals surface area contributed by atoms with E-state index in [-0.39, 0.29) is 6.04 Å². The second-order valence-electron chi connectivity index (χ2n) is 6.42. The van der Waals surface area contributed by atoms with Crippen LogP contribution >= 0.6 is 0 Å². The van der Waals surface area contributed by atoms with E-state index < -0.39 is 0 Å². The van der Waals surface area contributed by atoms with Gasteiger partial charge in [-0.1, -0.05) is 48.7 Å². The topological polar surface area (TPSA) is 50.4 Å². The molecule has 22 heavy (non-hydrogen) atoms. The molecule has 2 aliphatic rings. The van der Waals surface area contributed by atoms with Gasteiger partial charge in [-0.3, -0.25) is 0 Å². The van der Waals surface area contributed by atoms with Gasteiger partial charge in [-0.15, -0.1) is 0 Å². The second-order valence-corrected chi connectivity index (χ2v) is 6.42. The van der Waals surface area contributed by atoms with E-state index >= 15 is 0 Å². The van der Waals surface area contributed by atoms with Crippen LogP contribution in [0.5, 0.6) is 0 Å². The summed E-state index contributed by atoms with van der Waals surface area (Å²) >= 11 is 0. The molecule has 0 spiro atoms. The van der Waals surface area contributed by atoms with Crippen molar-refractivity contribution in [3.8, 4) is 11.3 Å². The van der Waals surface area contributed by atoms with Crippen LogP contribution in [0.15, 0.2) is 41.9 Å². The molecule has 2 heterocycles. The molecule has 1 atom stereocenters. The molecule has 114 valence electrons. The quantitative estimate of drug-likeness (QED) is 0.522. The van der Waals surface area contributed by atoms with Crippen LogP contribution in [0.2, 0.25) is 0 Å². The molecule has 0 bridgehead atoms. The molecule has 4 heteroatoms. The van der Waals surface area contributed by atoms with E-state index in [1.54, 1.807) is 0 Å². The zero-order chi connectivity index (χ0) is 14.9. The smallest absolute Gasteiger partial charge is 0.0956 e. The minimum Gasteiger partial charge on any atom is -0.411 e. The normalized spacial score (nSPS) is 21.6. The maximum Gasteiger partial charge on any atom is 0.0956 e. The molecular formula is C18H21N3O. The van der Waals surface area contributed by atoms with Crippen LogP contribution in [0.3, 0.4) is 0 Å². The van der Waals surface area contributed by atoms with E-state index in [0.717, 1.165) is 25.0 Å². The number of rotatable bonds is 3. The van der Waals surface area contributed by atoms with Crippen LogP contribution in [-0.2, 0) is 0 Å². The van der Waals surface area contributed by atoms with Crippen LogP contribution in [0.1, 0.15) is 50.1 Å². The zero-order valence-corrected chi connectivity index (χ0v) is 12.7. The first-order valence-corrected chi connectivity index (χ1v) is 8.20. The number of oxime groups is 1. The summed E-state index contributed by atoms with van der Waals surface area (Å²) in [5.74, 6) is 0.443. The van der Waals surface area contributed by atoms with Gasteiger partial charge in [-0.2, -0.15) is 0 Å². The van der Waals surface area contributed by atoms with Crippen molar-refractivity contribution in [2.24, 2.45) is 11.1 Å². The summed E-state index contributed by atoms with van der Waals surface area (Å²) in [4.78, 5) is 4.30. The third kappa shape index (κ3) is 2.14. The Labute approximate surface area is 130 Å². The fourth-order valence-corrected chi connectivity index (χ4v) is 4.06. The van der Waals surface area contributed by atoms with Crippen LogP contribution in [0, 0.1) is 5.92 Å². The number of hydrogen-bond acceptors (Lipinski definition) is 3. The molecule has 1 aromatic heterocycles. The molecule has 0 saturated heterocycles. The minimum absolute atomic E-state index is 0.210. The summed E-state index contributed by atoms with van der Waals surface area (Å²) in [5.41, 5.74) is 4.70. The highest BCUT2D eigenvalue weighted by Crippen LogP contribution is 2.41. The molecule has 1 aliphatic heterocycles. The van der Waals surface area contributed by atoms with E-state index in [1.165, 1.54) is 36.1 Å². The lowest BCUT2D eigenvalue weighted by Crippen LogP contribution is -2.22. The Bertz CT molecular complexity index is 698. The third-order valence-corrected chi connectivity index (χ3v) is 5.20. The second kappa shape index (κ2) is 5.59. The summed E-state index contributed by atoms with van der Waals surface area (Å²) in [7, 11) is 0. The molecule has 1 aromatic carbocycles. The lowest BCUT2D eigenvalue weighted by molar-refractivity contribution is 0.306. The van der Waals surface area contributed by atoms with E-state index in [0.29, 0.717) is 5.92 Å². The molecule has 0 amide bonds. The Kier molecular flexibility index (Phi) is 3.45. The number of aromatic nitrogens is 2. The van der Waals surface area contributed by atoms with Crippen molar-refractivity contribution >= 4 is 5.71 Å². The Morgan fingerprint density at radius 3 is 2.86 bits per heavy atom. The summed E-state index contributed by atoms with van der Waals surface area (Å²) in [6.07, 6.45) is 10.7. The minimum atomic E-state index is 0.210. The van der Waals surface area contributed by atoms with Crippen LogP contribution in [-0.4, -0.2) is 20.5 Å². The van der Waals surface area contributed by atoms with Gasteiger partial charge in [-0.25, -0.2) is 4.98 Å². The van der Waals surface area contributed by atoms with Crippen molar-refractivity contribution in [3.05, 3.63) is 42.4 Å². The molecule has 1 unspecified atom stereocenters. The SMILES string of the molecule is O/N=C(\CC1c2ccccc2-c2cncn21)C1CCCCC1. The average Bonchev–Trinajstić information content (AvgIpc) is 3.15. The highest BCUT2D eigenvalue weighted by atomic mass is 16.4. The van der Waals surface area contributed by atoms with Gasteiger partial charge in [0.15, 0.2) is 0 Å². The number of benzene rings is 1. The van der Waals surface area contributed by atoms with Crippen LogP contribution in [0.25, 0.3) is 11.3 Å². The number of imidazole rings is 1. The van der Waals surface area contributed by atoms with Crippen molar-refractivity contribution < 1.29 is 5.21 Å². The van der Waals surface area contributed by atoms with Gasteiger partial charge in [0.1, 0.15) is 0 Å². The number of hydrogen-bond donors (Lipinski definition) is 1. The first kappa shape index (κ1) is 13.6. The molecule has 1 saturated carbocycles. The summed E-state index contributed by atoms with van der Waals surface area (Å²) < 4.78 is 2.22. The molecule has 4 nitrogen and oxygen atoms in total. The lowest BCUT2D eigenvalue weighted by Gasteiger charge is -2.25. The first-order valence-electron chi connectivity index (χ1n) is 8.20. The standard InChI is InChI=1S/C18H21N3O/c22-20-16(13-6-2-1-3-7-13)10-17-14-8-4-5-9-15(14)18-11-19-12-21(17)18/h4-5,8-9,11-13,17,22H,1-3,6-7,10H2/b20-16+. The summed E-state index contributed by atoms with van der Waals surface area (Å²) in [5, 5.41) is 13.2. The predicted octanol–water partition coefficient (Wildman–Crippen LogP) is 4.25. The van der Waals surface area contributed by atoms with Gasteiger partial charge in [-0.05, 0) is 18.4 Å². The van der Waals surface area contributed by atoms with Crippen molar-refractivity contribution in [3.63, 3.8) is 0 Å². The molecule has 2 aromatic rings. The predicted molar refractivity (Wildman–Crippen MR) is 86.2 cm³/mol. The van der Waals surface area contributed by atoms with Gasteiger partial charge >= 0.3 is 0 Å². The van der Waals surface area contributed by atoms with Crippen LogP contribution in [0.4, 0.5) is 0 Å². The number of fused-ring (bicyclic) bond motifs is 3. The van der Waals surface area contributed by atoms with Gasteiger partial charge < -0.3 is 9.77 Å². The van der Waals surface area contributed by atoms with E-state index in [9.17, 15) is 5.21 Å². The van der Waals surface area contributed by atoms with Crippen molar-refractivity contribution in [2.45, 2.75) is 44.6 Å². The highest BCUT2D eigenvalue weighted by Gasteiger charge is 2.31. The van der Waals surface area contributed by atoms with Crippen molar-refractivity contribution in [2.75, 3.05) is 0 Å². The Hall–Kier alpha value is -2.10. The Morgan fingerprint density at radius 1 is 1.23 bits per heavy atom. The van der Waals surface area contributed by atoms with Gasteiger partial charge in [0.05, 0.1) is 30.0 Å². The average molecular weight is 295 g/mol. The van der Waals surface area contributed by atoms with Gasteiger partial charge in [0, 0.05) is 17.9 Å². The number of nitrogens with zero attached hydrogens (tertiary/aromatic N) is 3. The van der Waals surface area contributed by atoms with Gasteiger partial charge in [0.2, 0.25) is 0 Å². The molecule has 1 fully saturated rings. The van der Waals surface area contributed by atoms with E-state index in [1.807, 2.05) is 12.5 Å². The maximum absolute atomic E-state index is 9.55. The summed E-state index contributed by atoms with van der Waals surface area (Å²) in [6.45, 7) is 0. The van der Waals surface area contributed by atoms with Gasteiger partial charge in [0.25, 0.3) is 0 Å². The van der Waals surface area contributed by atoms with E-state index in [4.69, 9.17) is 0 Å².